The Kier molecular flexibility index (Phi) is 4.37. The molecule has 0 radical (unpaired) electrons. The molecule has 0 unspecified atom stereocenters. The number of carbonyl (C=O) groups excluding carboxylic acids is 1. The molecule has 2 N–H and O–H groups in total. The lowest BCUT2D eigenvalue weighted by atomic mass is 10.1. The van der Waals surface area contributed by atoms with Gasteiger partial charge in [0.1, 0.15) is 5.75 Å². The Balaban J connectivity index is 1.97. The van der Waals surface area contributed by atoms with E-state index < -0.39 is 5.97 Å². The maximum Gasteiger partial charge on any atom is 0.336 e. The van der Waals surface area contributed by atoms with Crippen LogP contribution in [-0.4, -0.2) is 26.4 Å². The molecular weight excluding hydrogens is 346 g/mol. The molecule has 1 amide bonds. The smallest absolute Gasteiger partial charge is 0.336 e. The van der Waals surface area contributed by atoms with Crippen LogP contribution in [-0.2, 0) is 4.79 Å². The van der Waals surface area contributed by atoms with Crippen LogP contribution in [0, 0.1) is 0 Å². The van der Waals surface area contributed by atoms with Crippen LogP contribution in [0.2, 0.25) is 0 Å². The van der Waals surface area contributed by atoms with E-state index in [9.17, 15) is 19.8 Å². The van der Waals surface area contributed by atoms with Crippen molar-refractivity contribution in [3.05, 3.63) is 64.6 Å². The van der Waals surface area contributed by atoms with Crippen molar-refractivity contribution in [2.45, 2.75) is 0 Å². The number of carboxylic acid groups (broad SMARTS) is 1. The van der Waals surface area contributed by atoms with E-state index in [4.69, 9.17) is 12.2 Å². The van der Waals surface area contributed by atoms with Crippen molar-refractivity contribution in [2.24, 2.45) is 0 Å². The first-order valence-corrected chi connectivity index (χ1v) is 8.09. The topological polar surface area (TPSA) is 77.8 Å². The molecule has 3 rings (SSSR count). The van der Waals surface area contributed by atoms with Gasteiger partial charge in [0, 0.05) is 0 Å². The zero-order valence-electron chi connectivity index (χ0n) is 12.2. The van der Waals surface area contributed by atoms with Gasteiger partial charge >= 0.3 is 5.97 Å². The lowest BCUT2D eigenvalue weighted by Gasteiger charge is -2.14. The van der Waals surface area contributed by atoms with E-state index in [0.717, 1.165) is 11.8 Å². The predicted octanol–water partition coefficient (Wildman–Crippen LogP) is 3.50. The summed E-state index contributed by atoms with van der Waals surface area (Å²) < 4.78 is 0.352. The van der Waals surface area contributed by atoms with Gasteiger partial charge in [0.05, 0.1) is 16.2 Å². The first-order valence-electron chi connectivity index (χ1n) is 6.86. The van der Waals surface area contributed by atoms with Gasteiger partial charge in [-0.3, -0.25) is 9.69 Å². The zero-order chi connectivity index (χ0) is 17.3. The van der Waals surface area contributed by atoms with Crippen molar-refractivity contribution >= 4 is 51.9 Å². The Labute approximate surface area is 147 Å². The third-order valence-electron chi connectivity index (χ3n) is 3.38. The van der Waals surface area contributed by atoms with Crippen LogP contribution >= 0.6 is 24.0 Å². The van der Waals surface area contributed by atoms with Crippen LogP contribution in [0.4, 0.5) is 5.69 Å². The van der Waals surface area contributed by atoms with Crippen LogP contribution in [0.3, 0.4) is 0 Å². The molecule has 5 nitrogen and oxygen atoms in total. The lowest BCUT2D eigenvalue weighted by molar-refractivity contribution is -0.113. The molecule has 1 aliphatic heterocycles. The Hall–Kier alpha value is -2.64. The molecular formula is C17H11NO4S2. The number of aromatic carboxylic acids is 1. The molecule has 1 heterocycles. The molecule has 0 aromatic heterocycles. The van der Waals surface area contributed by atoms with Gasteiger partial charge in [-0.25, -0.2) is 4.79 Å². The van der Waals surface area contributed by atoms with Crippen LogP contribution < -0.4 is 4.90 Å². The summed E-state index contributed by atoms with van der Waals surface area (Å²) in [7, 11) is 0. The number of hydrogen-bond donors (Lipinski definition) is 2. The van der Waals surface area contributed by atoms with Gasteiger partial charge in [-0.1, -0.05) is 42.2 Å². The Morgan fingerprint density at radius 3 is 2.46 bits per heavy atom. The van der Waals surface area contributed by atoms with Gasteiger partial charge in [-0.15, -0.1) is 0 Å². The number of amides is 1. The zero-order valence-corrected chi connectivity index (χ0v) is 13.8. The Morgan fingerprint density at radius 2 is 1.79 bits per heavy atom. The molecule has 0 bridgehead atoms. The highest BCUT2D eigenvalue weighted by molar-refractivity contribution is 8.27. The summed E-state index contributed by atoms with van der Waals surface area (Å²) in [4.78, 5) is 25.6. The van der Waals surface area contributed by atoms with E-state index in [1.807, 2.05) is 0 Å². The second-order valence-corrected chi connectivity index (χ2v) is 6.60. The molecule has 2 aromatic carbocycles. The minimum Gasteiger partial charge on any atom is -0.508 e. The Bertz CT molecular complexity index is 874. The maximum atomic E-state index is 12.6. The Morgan fingerprint density at radius 1 is 1.12 bits per heavy atom. The summed E-state index contributed by atoms with van der Waals surface area (Å²) in [6.45, 7) is 0. The fourth-order valence-electron chi connectivity index (χ4n) is 2.25. The highest BCUT2D eigenvalue weighted by Crippen LogP contribution is 2.36. The van der Waals surface area contributed by atoms with Crippen LogP contribution in [0.15, 0.2) is 53.4 Å². The van der Waals surface area contributed by atoms with Gasteiger partial charge in [0.15, 0.2) is 4.32 Å². The molecule has 24 heavy (non-hydrogen) atoms. The minimum absolute atomic E-state index is 0.0927. The standard InChI is InChI=1S/C17H11NO4S2/c19-12-7-5-11(6-8-12)18-15(20)14(24-17(18)23)9-10-3-1-2-4-13(10)16(21)22/h1-9,19H,(H,21,22)/b14-9-. The molecule has 2 aromatic rings. The summed E-state index contributed by atoms with van der Waals surface area (Å²) in [5.74, 6) is -1.29. The maximum absolute atomic E-state index is 12.6. The lowest BCUT2D eigenvalue weighted by Crippen LogP contribution is -2.27. The monoisotopic (exact) mass is 357 g/mol. The van der Waals surface area contributed by atoms with Gasteiger partial charge in [-0.2, -0.15) is 0 Å². The van der Waals surface area contributed by atoms with E-state index >= 15 is 0 Å². The normalized spacial score (nSPS) is 16.0. The number of phenolic OH excluding ortho intramolecular Hbond substituents is 1. The molecule has 0 spiro atoms. The molecule has 0 aliphatic carbocycles. The van der Waals surface area contributed by atoms with E-state index in [2.05, 4.69) is 0 Å². The van der Waals surface area contributed by atoms with Crippen LogP contribution in [0.25, 0.3) is 6.08 Å². The number of phenols is 1. The average Bonchev–Trinajstić information content (AvgIpc) is 2.83. The minimum atomic E-state index is -1.06. The second-order valence-electron chi connectivity index (χ2n) is 4.93. The summed E-state index contributed by atoms with van der Waals surface area (Å²) >= 11 is 6.37. The van der Waals surface area contributed by atoms with Crippen LogP contribution in [0.1, 0.15) is 15.9 Å². The highest BCUT2D eigenvalue weighted by Gasteiger charge is 2.33. The van der Waals surface area contributed by atoms with Crippen molar-refractivity contribution in [1.82, 2.24) is 0 Å². The van der Waals surface area contributed by atoms with Crippen molar-refractivity contribution in [3.8, 4) is 5.75 Å². The molecule has 120 valence electrons. The number of thiocarbonyl (C=S) groups is 1. The molecule has 0 saturated carbocycles. The van der Waals surface area contributed by atoms with Gasteiger partial charge in [0.2, 0.25) is 0 Å². The highest BCUT2D eigenvalue weighted by atomic mass is 32.2. The largest absolute Gasteiger partial charge is 0.508 e. The molecule has 7 heteroatoms. The molecule has 1 fully saturated rings. The van der Waals surface area contributed by atoms with Gasteiger partial charge < -0.3 is 10.2 Å². The van der Waals surface area contributed by atoms with E-state index in [-0.39, 0.29) is 17.2 Å². The average molecular weight is 357 g/mol. The molecule has 1 saturated heterocycles. The van der Waals surface area contributed by atoms with Crippen molar-refractivity contribution < 1.29 is 19.8 Å². The van der Waals surface area contributed by atoms with Crippen molar-refractivity contribution in [2.75, 3.05) is 4.90 Å². The molecule has 1 aliphatic rings. The number of carboxylic acids is 1. The fourth-order valence-corrected chi connectivity index (χ4v) is 3.54. The molecule has 0 atom stereocenters. The summed E-state index contributed by atoms with van der Waals surface area (Å²) in [6, 6.07) is 12.6. The number of benzene rings is 2. The van der Waals surface area contributed by atoms with Crippen molar-refractivity contribution in [3.63, 3.8) is 0 Å². The summed E-state index contributed by atoms with van der Waals surface area (Å²) in [6.07, 6.45) is 1.53. The summed E-state index contributed by atoms with van der Waals surface area (Å²) in [5, 5.41) is 18.6. The number of carbonyl (C=O) groups is 2. The first kappa shape index (κ1) is 16.2. The fraction of sp³-hybridized carbons (Fsp3) is 0. The first-order chi connectivity index (χ1) is 11.5. The SMILES string of the molecule is O=C(O)c1ccccc1/C=C1\SC(=S)N(c2ccc(O)cc2)C1=O. The van der Waals surface area contributed by atoms with Gasteiger partial charge in [-0.05, 0) is 42.0 Å². The number of rotatable bonds is 3. The van der Waals surface area contributed by atoms with Crippen molar-refractivity contribution in [1.29, 1.82) is 0 Å². The number of aromatic hydroxyl groups is 1. The van der Waals surface area contributed by atoms with Crippen LogP contribution in [0.5, 0.6) is 5.75 Å². The third kappa shape index (κ3) is 3.04. The number of thioether (sulfide) groups is 1. The van der Waals surface area contributed by atoms with E-state index in [1.165, 1.54) is 29.2 Å². The van der Waals surface area contributed by atoms with Gasteiger partial charge in [0.25, 0.3) is 5.91 Å². The third-order valence-corrected chi connectivity index (χ3v) is 4.68. The second kappa shape index (κ2) is 6.46. The quantitative estimate of drug-likeness (QED) is 0.647. The van der Waals surface area contributed by atoms with E-state index in [0.29, 0.717) is 20.5 Å². The number of anilines is 1. The van der Waals surface area contributed by atoms with E-state index in [1.54, 1.807) is 30.3 Å². The number of hydrogen-bond acceptors (Lipinski definition) is 5. The number of nitrogens with zero attached hydrogens (tertiary/aromatic N) is 1. The summed E-state index contributed by atoms with van der Waals surface area (Å²) in [5.41, 5.74) is 1.11. The predicted molar refractivity (Wildman–Crippen MR) is 97.2 cm³/mol.